The van der Waals surface area contributed by atoms with Crippen molar-refractivity contribution in [3.05, 3.63) is 0 Å². The summed E-state index contributed by atoms with van der Waals surface area (Å²) in [5, 5.41) is 6.20. The average molecular weight is 243 g/mol. The smallest absolute Gasteiger partial charge is 0.234 e. The highest BCUT2D eigenvalue weighted by molar-refractivity contribution is 5.77. The molecule has 1 aliphatic heterocycles. The third-order valence-corrected chi connectivity index (χ3v) is 2.71. The van der Waals surface area contributed by atoms with Crippen LogP contribution in [0, 0.1) is 0 Å². The van der Waals surface area contributed by atoms with Crippen LogP contribution in [0.3, 0.4) is 0 Å². The van der Waals surface area contributed by atoms with E-state index in [0.717, 1.165) is 52.2 Å². The first kappa shape index (κ1) is 14.4. The van der Waals surface area contributed by atoms with Gasteiger partial charge in [-0.3, -0.25) is 9.69 Å². The minimum Gasteiger partial charge on any atom is -0.381 e. The van der Waals surface area contributed by atoms with E-state index in [1.165, 1.54) is 0 Å². The molecular formula is C12H25N3O2. The molecule has 1 amide bonds. The van der Waals surface area contributed by atoms with Crippen LogP contribution in [-0.4, -0.2) is 63.3 Å². The molecule has 5 nitrogen and oxygen atoms in total. The lowest BCUT2D eigenvalue weighted by Crippen LogP contribution is -2.47. The molecular weight excluding hydrogens is 218 g/mol. The number of amides is 1. The second kappa shape index (κ2) is 9.39. The van der Waals surface area contributed by atoms with Gasteiger partial charge in [-0.2, -0.15) is 0 Å². The number of nitrogens with one attached hydrogen (secondary N) is 2. The van der Waals surface area contributed by atoms with Gasteiger partial charge in [0.15, 0.2) is 0 Å². The normalized spacial score (nSPS) is 17.0. The van der Waals surface area contributed by atoms with Gasteiger partial charge < -0.3 is 15.4 Å². The number of hydrogen-bond donors (Lipinski definition) is 2. The number of rotatable bonds is 8. The zero-order valence-corrected chi connectivity index (χ0v) is 10.8. The Morgan fingerprint density at radius 1 is 1.35 bits per heavy atom. The van der Waals surface area contributed by atoms with E-state index in [9.17, 15) is 4.79 Å². The lowest BCUT2D eigenvalue weighted by molar-refractivity contribution is -0.122. The Morgan fingerprint density at radius 2 is 2.12 bits per heavy atom. The topological polar surface area (TPSA) is 53.6 Å². The van der Waals surface area contributed by atoms with Crippen molar-refractivity contribution in [2.24, 2.45) is 0 Å². The maximum absolute atomic E-state index is 11.6. The molecule has 1 aliphatic rings. The average Bonchev–Trinajstić information content (AvgIpc) is 2.35. The van der Waals surface area contributed by atoms with E-state index in [4.69, 9.17) is 4.74 Å². The molecule has 0 atom stereocenters. The predicted molar refractivity (Wildman–Crippen MR) is 68.0 cm³/mol. The van der Waals surface area contributed by atoms with Crippen LogP contribution in [0.4, 0.5) is 0 Å². The van der Waals surface area contributed by atoms with Crippen LogP contribution < -0.4 is 10.6 Å². The molecule has 0 saturated carbocycles. The first-order valence-electron chi connectivity index (χ1n) is 6.60. The molecule has 0 aromatic carbocycles. The Kier molecular flexibility index (Phi) is 7.96. The molecule has 100 valence electrons. The molecule has 0 radical (unpaired) electrons. The summed E-state index contributed by atoms with van der Waals surface area (Å²) in [7, 11) is 0. The summed E-state index contributed by atoms with van der Waals surface area (Å²) in [5.41, 5.74) is 0. The molecule has 5 heteroatoms. The van der Waals surface area contributed by atoms with Crippen molar-refractivity contribution >= 4 is 5.91 Å². The van der Waals surface area contributed by atoms with Crippen LogP contribution in [0.15, 0.2) is 0 Å². The van der Waals surface area contributed by atoms with Crippen molar-refractivity contribution in [1.82, 2.24) is 15.5 Å². The zero-order chi connectivity index (χ0) is 12.3. The first-order chi connectivity index (χ1) is 8.33. The summed E-state index contributed by atoms with van der Waals surface area (Å²) in [6.07, 6.45) is 1.95. The molecule has 0 aromatic rings. The number of piperazine rings is 1. The van der Waals surface area contributed by atoms with Crippen molar-refractivity contribution < 1.29 is 9.53 Å². The molecule has 0 aromatic heterocycles. The molecule has 1 rings (SSSR count). The van der Waals surface area contributed by atoms with Crippen LogP contribution in [0.25, 0.3) is 0 Å². The maximum atomic E-state index is 11.6. The van der Waals surface area contributed by atoms with Crippen molar-refractivity contribution in [3.8, 4) is 0 Å². The fraction of sp³-hybridized carbons (Fsp3) is 0.917. The highest BCUT2D eigenvalue weighted by Gasteiger charge is 2.12. The van der Waals surface area contributed by atoms with E-state index in [-0.39, 0.29) is 5.91 Å². The fourth-order valence-corrected chi connectivity index (χ4v) is 1.78. The molecule has 1 saturated heterocycles. The second-order valence-electron chi connectivity index (χ2n) is 4.34. The largest absolute Gasteiger partial charge is 0.381 e. The van der Waals surface area contributed by atoms with E-state index in [0.29, 0.717) is 13.1 Å². The van der Waals surface area contributed by atoms with Gasteiger partial charge in [-0.25, -0.2) is 0 Å². The van der Waals surface area contributed by atoms with E-state index >= 15 is 0 Å². The SMILES string of the molecule is CCCOCCCNC(=O)CN1CCNCC1. The lowest BCUT2D eigenvalue weighted by atomic mass is 10.3. The molecule has 0 spiro atoms. The minimum absolute atomic E-state index is 0.127. The lowest BCUT2D eigenvalue weighted by Gasteiger charge is -2.26. The number of carbonyl (C=O) groups is 1. The van der Waals surface area contributed by atoms with Gasteiger partial charge in [0.25, 0.3) is 0 Å². The monoisotopic (exact) mass is 243 g/mol. The molecule has 1 heterocycles. The second-order valence-corrected chi connectivity index (χ2v) is 4.34. The van der Waals surface area contributed by atoms with E-state index in [1.807, 2.05) is 0 Å². The van der Waals surface area contributed by atoms with Crippen LogP contribution >= 0.6 is 0 Å². The zero-order valence-electron chi connectivity index (χ0n) is 10.8. The molecule has 2 N–H and O–H groups in total. The highest BCUT2D eigenvalue weighted by atomic mass is 16.5. The van der Waals surface area contributed by atoms with Gasteiger partial charge >= 0.3 is 0 Å². The summed E-state index contributed by atoms with van der Waals surface area (Å²) < 4.78 is 5.34. The quantitative estimate of drug-likeness (QED) is 0.581. The highest BCUT2D eigenvalue weighted by Crippen LogP contribution is 1.91. The maximum Gasteiger partial charge on any atom is 0.234 e. The van der Waals surface area contributed by atoms with Gasteiger partial charge in [-0.05, 0) is 12.8 Å². The van der Waals surface area contributed by atoms with Crippen LogP contribution in [0.1, 0.15) is 19.8 Å². The number of carbonyl (C=O) groups excluding carboxylic acids is 1. The van der Waals surface area contributed by atoms with E-state index in [1.54, 1.807) is 0 Å². The van der Waals surface area contributed by atoms with Gasteiger partial charge in [-0.15, -0.1) is 0 Å². The van der Waals surface area contributed by atoms with Gasteiger partial charge in [0.05, 0.1) is 6.54 Å². The molecule has 17 heavy (non-hydrogen) atoms. The Bertz CT molecular complexity index is 206. The molecule has 0 unspecified atom stereocenters. The molecule has 0 bridgehead atoms. The van der Waals surface area contributed by atoms with Crippen molar-refractivity contribution in [1.29, 1.82) is 0 Å². The predicted octanol–water partition coefficient (Wildman–Crippen LogP) is -0.175. The van der Waals surface area contributed by atoms with Crippen LogP contribution in [0.2, 0.25) is 0 Å². The Balaban J connectivity index is 1.93. The summed E-state index contributed by atoms with van der Waals surface area (Å²) >= 11 is 0. The van der Waals surface area contributed by atoms with Gasteiger partial charge in [0.2, 0.25) is 5.91 Å². The van der Waals surface area contributed by atoms with E-state index < -0.39 is 0 Å². The summed E-state index contributed by atoms with van der Waals surface area (Å²) in [4.78, 5) is 13.8. The Morgan fingerprint density at radius 3 is 2.82 bits per heavy atom. The third-order valence-electron chi connectivity index (χ3n) is 2.71. The van der Waals surface area contributed by atoms with Gasteiger partial charge in [-0.1, -0.05) is 6.92 Å². The van der Waals surface area contributed by atoms with E-state index in [2.05, 4.69) is 22.5 Å². The van der Waals surface area contributed by atoms with Crippen LogP contribution in [-0.2, 0) is 9.53 Å². The summed E-state index contributed by atoms with van der Waals surface area (Å²) in [6.45, 7) is 8.79. The van der Waals surface area contributed by atoms with Crippen LogP contribution in [0.5, 0.6) is 0 Å². The van der Waals surface area contributed by atoms with Gasteiger partial charge in [0, 0.05) is 45.9 Å². The van der Waals surface area contributed by atoms with Gasteiger partial charge in [0.1, 0.15) is 0 Å². The minimum atomic E-state index is 0.127. The Hall–Kier alpha value is -0.650. The Labute approximate surface area is 104 Å². The third kappa shape index (κ3) is 7.31. The summed E-state index contributed by atoms with van der Waals surface area (Å²) in [5.74, 6) is 0.127. The number of nitrogens with zero attached hydrogens (tertiary/aromatic N) is 1. The summed E-state index contributed by atoms with van der Waals surface area (Å²) in [6, 6.07) is 0. The number of hydrogen-bond acceptors (Lipinski definition) is 4. The molecule has 1 fully saturated rings. The standard InChI is InChI=1S/C12H25N3O2/c1-2-9-17-10-3-4-14-12(16)11-15-7-5-13-6-8-15/h13H,2-11H2,1H3,(H,14,16). The number of ether oxygens (including phenoxy) is 1. The van der Waals surface area contributed by atoms with Crippen molar-refractivity contribution in [2.45, 2.75) is 19.8 Å². The fourth-order valence-electron chi connectivity index (χ4n) is 1.78. The first-order valence-corrected chi connectivity index (χ1v) is 6.60. The van der Waals surface area contributed by atoms with Crippen molar-refractivity contribution in [3.63, 3.8) is 0 Å². The van der Waals surface area contributed by atoms with Crippen molar-refractivity contribution in [2.75, 3.05) is 52.5 Å². The molecule has 0 aliphatic carbocycles.